The summed E-state index contributed by atoms with van der Waals surface area (Å²) in [6.07, 6.45) is 6.75. The van der Waals surface area contributed by atoms with Gasteiger partial charge in [0.2, 0.25) is 5.89 Å². The molecular weight excluding hydrogens is 400 g/mol. The van der Waals surface area contributed by atoms with Gasteiger partial charge in [0.25, 0.3) is 0 Å². The van der Waals surface area contributed by atoms with Crippen molar-refractivity contribution in [1.82, 2.24) is 19.6 Å². The van der Waals surface area contributed by atoms with Crippen molar-refractivity contribution in [3.8, 4) is 22.9 Å². The van der Waals surface area contributed by atoms with Gasteiger partial charge in [0.15, 0.2) is 11.4 Å². The Morgan fingerprint density at radius 3 is 2.97 bits per heavy atom. The summed E-state index contributed by atoms with van der Waals surface area (Å²) in [5.74, 6) is 2.62. The van der Waals surface area contributed by atoms with Crippen molar-refractivity contribution >= 4 is 23.7 Å². The standard InChI is InChI=1S/C21H22N6O2S/c22-30-28-13-14-6-7-16(10-14)25-19-8-9-23-20-11-17(26-27(19)20)18-12-24-21(29-18)15-4-2-1-3-5-15/h1-5,8-9,11-12,14,16,25H,6-7,10,13,22H2. The fourth-order valence-electron chi connectivity index (χ4n) is 3.93. The van der Waals surface area contributed by atoms with Gasteiger partial charge in [-0.25, -0.2) is 9.97 Å². The third-order valence-corrected chi connectivity index (χ3v) is 5.67. The Morgan fingerprint density at radius 1 is 1.20 bits per heavy atom. The van der Waals surface area contributed by atoms with Crippen molar-refractivity contribution in [3.05, 3.63) is 54.9 Å². The second-order valence-electron chi connectivity index (χ2n) is 7.43. The van der Waals surface area contributed by atoms with Crippen LogP contribution in [-0.2, 0) is 4.18 Å². The second kappa shape index (κ2) is 8.47. The summed E-state index contributed by atoms with van der Waals surface area (Å²) in [4.78, 5) is 8.84. The van der Waals surface area contributed by atoms with Crippen LogP contribution in [0.5, 0.6) is 0 Å². The first-order chi connectivity index (χ1) is 14.8. The van der Waals surface area contributed by atoms with Crippen LogP contribution < -0.4 is 10.5 Å². The monoisotopic (exact) mass is 422 g/mol. The van der Waals surface area contributed by atoms with E-state index in [1.807, 2.05) is 47.0 Å². The topological polar surface area (TPSA) is 104 Å². The molecule has 30 heavy (non-hydrogen) atoms. The molecule has 4 aromatic rings. The molecule has 0 saturated heterocycles. The van der Waals surface area contributed by atoms with Gasteiger partial charge in [0.1, 0.15) is 11.5 Å². The first-order valence-corrected chi connectivity index (χ1v) is 10.7. The summed E-state index contributed by atoms with van der Waals surface area (Å²) in [5.41, 5.74) is 2.38. The molecule has 154 valence electrons. The summed E-state index contributed by atoms with van der Waals surface area (Å²) in [7, 11) is 0. The van der Waals surface area contributed by atoms with Gasteiger partial charge >= 0.3 is 0 Å². The fourth-order valence-corrected chi connectivity index (χ4v) is 4.20. The van der Waals surface area contributed by atoms with E-state index in [0.717, 1.165) is 48.5 Å². The molecule has 0 amide bonds. The summed E-state index contributed by atoms with van der Waals surface area (Å²) in [5, 5.41) is 13.7. The van der Waals surface area contributed by atoms with Gasteiger partial charge in [0.05, 0.1) is 25.0 Å². The van der Waals surface area contributed by atoms with Gasteiger partial charge in [-0.3, -0.25) is 5.14 Å². The number of rotatable bonds is 7. The Balaban J connectivity index is 1.36. The predicted molar refractivity (Wildman–Crippen MR) is 116 cm³/mol. The summed E-state index contributed by atoms with van der Waals surface area (Å²) < 4.78 is 13.1. The molecule has 5 rings (SSSR count). The van der Waals surface area contributed by atoms with E-state index in [1.54, 1.807) is 12.4 Å². The number of benzene rings is 1. The Morgan fingerprint density at radius 2 is 2.10 bits per heavy atom. The van der Waals surface area contributed by atoms with Crippen LogP contribution in [0.1, 0.15) is 19.3 Å². The van der Waals surface area contributed by atoms with Gasteiger partial charge in [-0.2, -0.15) is 9.61 Å². The van der Waals surface area contributed by atoms with Gasteiger partial charge in [-0.05, 0) is 43.4 Å². The van der Waals surface area contributed by atoms with Crippen LogP contribution in [0.2, 0.25) is 0 Å². The normalized spacial score (nSPS) is 18.8. The maximum Gasteiger partial charge on any atom is 0.226 e. The van der Waals surface area contributed by atoms with Gasteiger partial charge < -0.3 is 13.9 Å². The van der Waals surface area contributed by atoms with E-state index in [2.05, 4.69) is 15.3 Å². The number of hydrogen-bond donors (Lipinski definition) is 2. The molecule has 3 aromatic heterocycles. The smallest absolute Gasteiger partial charge is 0.226 e. The van der Waals surface area contributed by atoms with Crippen LogP contribution in [0.25, 0.3) is 28.6 Å². The molecule has 0 spiro atoms. The third-order valence-electron chi connectivity index (χ3n) is 5.40. The molecule has 1 saturated carbocycles. The Kier molecular flexibility index (Phi) is 5.39. The van der Waals surface area contributed by atoms with Crippen molar-refractivity contribution in [2.45, 2.75) is 25.3 Å². The van der Waals surface area contributed by atoms with Crippen molar-refractivity contribution < 1.29 is 8.60 Å². The molecule has 1 aliphatic carbocycles. The second-order valence-corrected chi connectivity index (χ2v) is 7.85. The number of fused-ring (bicyclic) bond motifs is 1. The van der Waals surface area contributed by atoms with Gasteiger partial charge in [-0.15, -0.1) is 0 Å². The average Bonchev–Trinajstić information content (AvgIpc) is 3.52. The number of nitrogens with one attached hydrogen (secondary N) is 1. The fraction of sp³-hybridized carbons (Fsp3) is 0.286. The minimum Gasteiger partial charge on any atom is -0.434 e. The molecule has 1 aliphatic rings. The number of oxazole rings is 1. The van der Waals surface area contributed by atoms with Gasteiger partial charge in [-0.1, -0.05) is 18.2 Å². The summed E-state index contributed by atoms with van der Waals surface area (Å²) in [6, 6.07) is 14.0. The number of nitrogens with two attached hydrogens (primary N) is 1. The zero-order valence-corrected chi connectivity index (χ0v) is 17.1. The SMILES string of the molecule is NSOCC1CCC(Nc2ccnc3cc(-c4cnc(-c5ccccc5)o4)nn23)C1. The maximum absolute atomic E-state index is 5.95. The van der Waals surface area contributed by atoms with E-state index in [4.69, 9.17) is 18.8 Å². The molecular formula is C21H22N6O2S. The van der Waals surface area contributed by atoms with Crippen molar-refractivity contribution in [3.63, 3.8) is 0 Å². The molecule has 2 unspecified atom stereocenters. The van der Waals surface area contributed by atoms with Crippen LogP contribution >= 0.6 is 12.2 Å². The number of nitrogens with zero attached hydrogens (tertiary/aromatic N) is 4. The number of hydrogen-bond acceptors (Lipinski definition) is 8. The first-order valence-electron chi connectivity index (χ1n) is 9.91. The molecule has 1 fully saturated rings. The zero-order chi connectivity index (χ0) is 20.3. The van der Waals surface area contributed by atoms with Crippen molar-refractivity contribution in [1.29, 1.82) is 0 Å². The molecule has 0 aliphatic heterocycles. The first kappa shape index (κ1) is 19.1. The van der Waals surface area contributed by atoms with Gasteiger partial charge in [0, 0.05) is 23.9 Å². The minimum atomic E-state index is 0.370. The van der Waals surface area contributed by atoms with E-state index < -0.39 is 0 Å². The largest absolute Gasteiger partial charge is 0.434 e. The lowest BCUT2D eigenvalue weighted by Crippen LogP contribution is -2.18. The Hall–Kier alpha value is -2.88. The maximum atomic E-state index is 5.95. The van der Waals surface area contributed by atoms with E-state index in [9.17, 15) is 0 Å². The quantitative estimate of drug-likeness (QED) is 0.338. The third kappa shape index (κ3) is 3.91. The molecule has 3 N–H and O–H groups in total. The van der Waals surface area contributed by atoms with E-state index in [1.165, 1.54) is 0 Å². The highest BCUT2D eigenvalue weighted by Crippen LogP contribution is 2.30. The lowest BCUT2D eigenvalue weighted by Gasteiger charge is -2.15. The van der Waals surface area contributed by atoms with Crippen LogP contribution in [0, 0.1) is 5.92 Å². The van der Waals surface area contributed by atoms with E-state index >= 15 is 0 Å². The van der Waals surface area contributed by atoms with Crippen LogP contribution in [0.3, 0.4) is 0 Å². The highest BCUT2D eigenvalue weighted by atomic mass is 32.2. The highest BCUT2D eigenvalue weighted by molar-refractivity contribution is 7.92. The van der Waals surface area contributed by atoms with Crippen molar-refractivity contribution in [2.75, 3.05) is 11.9 Å². The summed E-state index contributed by atoms with van der Waals surface area (Å²) in [6.45, 7) is 0.687. The van der Waals surface area contributed by atoms with Crippen molar-refractivity contribution in [2.24, 2.45) is 11.1 Å². The Labute approximate surface area is 178 Å². The molecule has 0 bridgehead atoms. The molecule has 8 nitrogen and oxygen atoms in total. The average molecular weight is 423 g/mol. The van der Waals surface area contributed by atoms with Crippen LogP contribution in [0.15, 0.2) is 59.3 Å². The molecule has 2 atom stereocenters. The minimum absolute atomic E-state index is 0.370. The summed E-state index contributed by atoms with van der Waals surface area (Å²) >= 11 is 0.940. The molecule has 0 radical (unpaired) electrons. The Bertz CT molecular complexity index is 1130. The zero-order valence-electron chi connectivity index (χ0n) is 16.3. The highest BCUT2D eigenvalue weighted by Gasteiger charge is 2.25. The number of aromatic nitrogens is 4. The lowest BCUT2D eigenvalue weighted by molar-refractivity contribution is 0.290. The van der Waals surface area contributed by atoms with E-state index in [-0.39, 0.29) is 0 Å². The molecule has 9 heteroatoms. The molecule has 3 heterocycles. The van der Waals surface area contributed by atoms with Crippen LogP contribution in [-0.4, -0.2) is 32.2 Å². The number of anilines is 1. The predicted octanol–water partition coefficient (Wildman–Crippen LogP) is 4.17. The lowest BCUT2D eigenvalue weighted by atomic mass is 10.1. The van der Waals surface area contributed by atoms with E-state index in [0.29, 0.717) is 35.9 Å². The van der Waals surface area contributed by atoms with Crippen LogP contribution in [0.4, 0.5) is 5.82 Å². The molecule has 1 aromatic carbocycles.